The standard InChI is InChI=1S/C17H24ClNO/c18-15-7-5-14(6-8-15)17(11-19-16-9-10-16)20-12-13-3-1-2-4-13/h5-8,13,16-17,19H,1-4,9-12H2. The van der Waals surface area contributed by atoms with Crippen molar-refractivity contribution in [2.75, 3.05) is 13.2 Å². The summed E-state index contributed by atoms with van der Waals surface area (Å²) in [6.07, 6.45) is 8.21. The van der Waals surface area contributed by atoms with E-state index in [-0.39, 0.29) is 6.10 Å². The lowest BCUT2D eigenvalue weighted by atomic mass is 10.1. The minimum atomic E-state index is 0.161. The highest BCUT2D eigenvalue weighted by Gasteiger charge is 2.24. The molecule has 1 aromatic carbocycles. The molecule has 2 nitrogen and oxygen atoms in total. The second-order valence-corrected chi connectivity index (χ2v) is 6.64. The number of nitrogens with one attached hydrogen (secondary N) is 1. The molecule has 0 radical (unpaired) electrons. The summed E-state index contributed by atoms with van der Waals surface area (Å²) in [5, 5.41) is 4.38. The molecule has 0 aromatic heterocycles. The average molecular weight is 294 g/mol. The van der Waals surface area contributed by atoms with Crippen molar-refractivity contribution in [3.05, 3.63) is 34.9 Å². The molecule has 0 saturated heterocycles. The van der Waals surface area contributed by atoms with E-state index in [1.807, 2.05) is 12.1 Å². The molecule has 0 amide bonds. The van der Waals surface area contributed by atoms with Crippen molar-refractivity contribution >= 4 is 11.6 Å². The Hall–Kier alpha value is -0.570. The van der Waals surface area contributed by atoms with Crippen molar-refractivity contribution in [2.24, 2.45) is 5.92 Å². The summed E-state index contributed by atoms with van der Waals surface area (Å²) >= 11 is 5.98. The van der Waals surface area contributed by atoms with E-state index in [2.05, 4.69) is 17.4 Å². The van der Waals surface area contributed by atoms with Gasteiger partial charge in [-0.15, -0.1) is 0 Å². The van der Waals surface area contributed by atoms with Crippen LogP contribution in [0.25, 0.3) is 0 Å². The van der Waals surface area contributed by atoms with E-state index in [0.29, 0.717) is 0 Å². The van der Waals surface area contributed by atoms with E-state index in [9.17, 15) is 0 Å². The molecule has 3 rings (SSSR count). The van der Waals surface area contributed by atoms with Crippen molar-refractivity contribution < 1.29 is 4.74 Å². The fourth-order valence-corrected chi connectivity index (χ4v) is 3.07. The van der Waals surface area contributed by atoms with E-state index in [0.717, 1.165) is 30.1 Å². The van der Waals surface area contributed by atoms with Crippen LogP contribution in [0.1, 0.15) is 50.2 Å². The van der Waals surface area contributed by atoms with Crippen molar-refractivity contribution in [2.45, 2.75) is 50.7 Å². The lowest BCUT2D eigenvalue weighted by Crippen LogP contribution is -2.26. The van der Waals surface area contributed by atoms with Crippen LogP contribution in [0.15, 0.2) is 24.3 Å². The number of benzene rings is 1. The van der Waals surface area contributed by atoms with E-state index >= 15 is 0 Å². The van der Waals surface area contributed by atoms with E-state index in [4.69, 9.17) is 16.3 Å². The molecule has 0 spiro atoms. The molecule has 0 aliphatic heterocycles. The average Bonchev–Trinajstić information content (AvgIpc) is 3.14. The molecule has 2 fully saturated rings. The Morgan fingerprint density at radius 1 is 1.10 bits per heavy atom. The van der Waals surface area contributed by atoms with Gasteiger partial charge in [0.15, 0.2) is 0 Å². The number of hydrogen-bond acceptors (Lipinski definition) is 2. The van der Waals surface area contributed by atoms with Crippen LogP contribution < -0.4 is 5.32 Å². The van der Waals surface area contributed by atoms with Crippen LogP contribution in [0, 0.1) is 5.92 Å². The molecule has 1 atom stereocenters. The molecular weight excluding hydrogens is 270 g/mol. The summed E-state index contributed by atoms with van der Waals surface area (Å²) < 4.78 is 6.22. The zero-order valence-corrected chi connectivity index (χ0v) is 12.7. The van der Waals surface area contributed by atoms with Crippen LogP contribution in [-0.4, -0.2) is 19.2 Å². The van der Waals surface area contributed by atoms with Gasteiger partial charge >= 0.3 is 0 Å². The van der Waals surface area contributed by atoms with Gasteiger partial charge in [0.25, 0.3) is 0 Å². The predicted octanol–water partition coefficient (Wildman–Crippen LogP) is 4.34. The van der Waals surface area contributed by atoms with E-state index in [1.165, 1.54) is 44.1 Å². The van der Waals surface area contributed by atoms with Crippen LogP contribution in [0.2, 0.25) is 5.02 Å². The third-order valence-electron chi connectivity index (χ3n) is 4.42. The molecule has 2 aliphatic carbocycles. The van der Waals surface area contributed by atoms with Gasteiger partial charge in [0.1, 0.15) is 0 Å². The molecule has 1 unspecified atom stereocenters. The topological polar surface area (TPSA) is 21.3 Å². The van der Waals surface area contributed by atoms with Gasteiger partial charge in [0.05, 0.1) is 12.7 Å². The van der Waals surface area contributed by atoms with E-state index in [1.54, 1.807) is 0 Å². The Balaban J connectivity index is 1.57. The second kappa shape index (κ2) is 6.93. The summed E-state index contributed by atoms with van der Waals surface area (Å²) in [6.45, 7) is 1.82. The summed E-state index contributed by atoms with van der Waals surface area (Å²) in [4.78, 5) is 0. The molecule has 1 N–H and O–H groups in total. The second-order valence-electron chi connectivity index (χ2n) is 6.21. The number of ether oxygens (including phenoxy) is 1. The lowest BCUT2D eigenvalue weighted by Gasteiger charge is -2.21. The third kappa shape index (κ3) is 4.21. The SMILES string of the molecule is Clc1ccc(C(CNC2CC2)OCC2CCCC2)cc1. The fraction of sp³-hybridized carbons (Fsp3) is 0.647. The normalized spacial score (nSPS) is 21.2. The van der Waals surface area contributed by atoms with Gasteiger partial charge in [-0.2, -0.15) is 0 Å². The van der Waals surface area contributed by atoms with Gasteiger partial charge in [0, 0.05) is 17.6 Å². The molecule has 2 aliphatic rings. The maximum absolute atomic E-state index is 6.22. The minimum Gasteiger partial charge on any atom is -0.372 e. The van der Waals surface area contributed by atoms with Crippen LogP contribution >= 0.6 is 11.6 Å². The Morgan fingerprint density at radius 2 is 1.80 bits per heavy atom. The van der Waals surface area contributed by atoms with Crippen molar-refractivity contribution in [3.63, 3.8) is 0 Å². The molecular formula is C17H24ClNO. The van der Waals surface area contributed by atoms with Crippen molar-refractivity contribution in [3.8, 4) is 0 Å². The zero-order chi connectivity index (χ0) is 13.8. The van der Waals surface area contributed by atoms with Gasteiger partial charge in [-0.05, 0) is 49.3 Å². The Morgan fingerprint density at radius 3 is 2.45 bits per heavy atom. The number of rotatable bonds is 7. The molecule has 0 heterocycles. The fourth-order valence-electron chi connectivity index (χ4n) is 2.94. The van der Waals surface area contributed by atoms with Gasteiger partial charge in [-0.1, -0.05) is 36.6 Å². The zero-order valence-electron chi connectivity index (χ0n) is 12.0. The highest BCUT2D eigenvalue weighted by Crippen LogP contribution is 2.28. The summed E-state index contributed by atoms with van der Waals surface area (Å²) in [5.41, 5.74) is 1.24. The van der Waals surface area contributed by atoms with Gasteiger partial charge in [0.2, 0.25) is 0 Å². The highest BCUT2D eigenvalue weighted by atomic mass is 35.5. The van der Waals surface area contributed by atoms with Gasteiger partial charge < -0.3 is 10.1 Å². The highest BCUT2D eigenvalue weighted by molar-refractivity contribution is 6.30. The summed E-state index contributed by atoms with van der Waals surface area (Å²) in [5.74, 6) is 0.769. The minimum absolute atomic E-state index is 0.161. The van der Waals surface area contributed by atoms with Crippen LogP contribution in [0.4, 0.5) is 0 Å². The number of halogens is 1. The largest absolute Gasteiger partial charge is 0.372 e. The Kier molecular flexibility index (Phi) is 4.98. The van der Waals surface area contributed by atoms with Gasteiger partial charge in [-0.3, -0.25) is 0 Å². The maximum Gasteiger partial charge on any atom is 0.0949 e. The van der Waals surface area contributed by atoms with Gasteiger partial charge in [-0.25, -0.2) is 0 Å². The first kappa shape index (κ1) is 14.4. The molecule has 110 valence electrons. The molecule has 3 heteroatoms. The molecule has 1 aromatic rings. The van der Waals surface area contributed by atoms with Crippen LogP contribution in [0.3, 0.4) is 0 Å². The number of hydrogen-bond donors (Lipinski definition) is 1. The lowest BCUT2D eigenvalue weighted by molar-refractivity contribution is 0.0292. The Bertz CT molecular complexity index is 410. The monoisotopic (exact) mass is 293 g/mol. The summed E-state index contributed by atoms with van der Waals surface area (Å²) in [7, 11) is 0. The first-order valence-electron chi connectivity index (χ1n) is 7.92. The van der Waals surface area contributed by atoms with Crippen LogP contribution in [-0.2, 0) is 4.74 Å². The van der Waals surface area contributed by atoms with E-state index < -0.39 is 0 Å². The quantitative estimate of drug-likeness (QED) is 0.807. The Labute approximate surface area is 126 Å². The van der Waals surface area contributed by atoms with Crippen molar-refractivity contribution in [1.29, 1.82) is 0 Å². The predicted molar refractivity (Wildman–Crippen MR) is 83.1 cm³/mol. The van der Waals surface area contributed by atoms with Crippen molar-refractivity contribution in [1.82, 2.24) is 5.32 Å². The first-order valence-corrected chi connectivity index (χ1v) is 8.29. The third-order valence-corrected chi connectivity index (χ3v) is 4.67. The first-order chi connectivity index (χ1) is 9.81. The molecule has 0 bridgehead atoms. The smallest absolute Gasteiger partial charge is 0.0949 e. The molecule has 20 heavy (non-hydrogen) atoms. The maximum atomic E-state index is 6.22. The molecule has 2 saturated carbocycles. The van der Waals surface area contributed by atoms with Crippen LogP contribution in [0.5, 0.6) is 0 Å². The summed E-state index contributed by atoms with van der Waals surface area (Å²) in [6, 6.07) is 8.83.